The molecule has 0 atom stereocenters. The molecule has 0 aromatic carbocycles. The van der Waals surface area contributed by atoms with Crippen LogP contribution in [0.4, 0.5) is 0 Å². The second-order valence-electron chi connectivity index (χ2n) is 2.12. The summed E-state index contributed by atoms with van der Waals surface area (Å²) >= 11 is 0. The van der Waals surface area contributed by atoms with Crippen molar-refractivity contribution in [2.45, 2.75) is 12.8 Å². The van der Waals surface area contributed by atoms with Crippen LogP contribution in [0, 0.1) is 0 Å². The molecule has 0 saturated heterocycles. The summed E-state index contributed by atoms with van der Waals surface area (Å²) in [5, 5.41) is 21.5. The van der Waals surface area contributed by atoms with Gasteiger partial charge in [0.25, 0.3) is 0 Å². The summed E-state index contributed by atoms with van der Waals surface area (Å²) in [6.07, 6.45) is 3.20. The van der Waals surface area contributed by atoms with Crippen molar-refractivity contribution in [3.8, 4) is 0 Å². The van der Waals surface area contributed by atoms with E-state index in [1.807, 2.05) is 0 Å². The Balaban J connectivity index is 3.28. The molecule has 0 saturated carbocycles. The smallest absolute Gasteiger partial charge is 0.319 e. The Kier molecular flexibility index (Phi) is 9.51. The van der Waals surface area contributed by atoms with Crippen molar-refractivity contribution in [3.05, 3.63) is 0 Å². The maximum Gasteiger partial charge on any atom is 0.319 e. The fourth-order valence-electron chi connectivity index (χ4n) is 0.547. The molecule has 8 heteroatoms. The van der Waals surface area contributed by atoms with Gasteiger partial charge in [0.15, 0.2) is 0 Å². The van der Waals surface area contributed by atoms with E-state index >= 15 is 0 Å². The highest BCUT2D eigenvalue weighted by Gasteiger charge is 1.97. The number of nitrogens with zero attached hydrogens (tertiary/aromatic N) is 2. The monoisotopic (exact) mass is 224 g/mol. The standard InChI is InChI=1S/C6H13N2O5P/c9-7-3-1-5-12-14(11)13-6-2-4-8-10/h3-4,9-10,14H,1-2,5-6H2. The molecular formula is C6H13N2O5P. The fraction of sp³-hybridized carbons (Fsp3) is 0.667. The summed E-state index contributed by atoms with van der Waals surface area (Å²) in [4.78, 5) is 0. The third kappa shape index (κ3) is 9.18. The highest BCUT2D eigenvalue weighted by Crippen LogP contribution is 2.23. The van der Waals surface area contributed by atoms with Crippen LogP contribution in [0.3, 0.4) is 0 Å². The average Bonchev–Trinajstić information content (AvgIpc) is 2.19. The van der Waals surface area contributed by atoms with Crippen molar-refractivity contribution in [1.29, 1.82) is 0 Å². The molecule has 0 spiro atoms. The Bertz CT molecular complexity index is 188. The molecule has 7 nitrogen and oxygen atoms in total. The van der Waals surface area contributed by atoms with Crippen LogP contribution < -0.4 is 0 Å². The first-order valence-electron chi connectivity index (χ1n) is 3.92. The third-order valence-electron chi connectivity index (χ3n) is 1.10. The van der Waals surface area contributed by atoms with Gasteiger partial charge in [-0.2, -0.15) is 0 Å². The lowest BCUT2D eigenvalue weighted by atomic mass is 10.5. The summed E-state index contributed by atoms with van der Waals surface area (Å²) in [5.74, 6) is 0. The van der Waals surface area contributed by atoms with Gasteiger partial charge in [-0.15, -0.1) is 10.3 Å². The molecule has 14 heavy (non-hydrogen) atoms. The molecule has 0 aliphatic carbocycles. The summed E-state index contributed by atoms with van der Waals surface area (Å²) in [7, 11) is -2.49. The second-order valence-corrected chi connectivity index (χ2v) is 3.20. The van der Waals surface area contributed by atoms with E-state index < -0.39 is 8.25 Å². The first kappa shape index (κ1) is 13.1. The Labute approximate surface area is 82.0 Å². The van der Waals surface area contributed by atoms with Crippen molar-refractivity contribution in [2.75, 3.05) is 13.2 Å². The summed E-state index contributed by atoms with van der Waals surface area (Å²) in [6, 6.07) is 0. The van der Waals surface area contributed by atoms with Crippen molar-refractivity contribution >= 4 is 20.7 Å². The van der Waals surface area contributed by atoms with Gasteiger partial charge in [-0.25, -0.2) is 0 Å². The van der Waals surface area contributed by atoms with Gasteiger partial charge < -0.3 is 19.5 Å². The van der Waals surface area contributed by atoms with Crippen LogP contribution >= 0.6 is 8.25 Å². The molecule has 0 aliphatic heterocycles. The molecule has 0 amide bonds. The Morgan fingerprint density at radius 1 is 1.07 bits per heavy atom. The number of hydrogen-bond donors (Lipinski definition) is 2. The highest BCUT2D eigenvalue weighted by molar-refractivity contribution is 7.33. The summed E-state index contributed by atoms with van der Waals surface area (Å²) in [6.45, 7) is 0.353. The first-order chi connectivity index (χ1) is 6.81. The van der Waals surface area contributed by atoms with Crippen LogP contribution in [0.1, 0.15) is 12.8 Å². The minimum absolute atomic E-state index is 0.177. The van der Waals surface area contributed by atoms with E-state index in [-0.39, 0.29) is 13.2 Å². The second kappa shape index (κ2) is 10.2. The molecule has 0 aromatic heterocycles. The molecular weight excluding hydrogens is 211 g/mol. The van der Waals surface area contributed by atoms with Crippen molar-refractivity contribution in [2.24, 2.45) is 10.3 Å². The van der Waals surface area contributed by atoms with E-state index in [1.54, 1.807) is 0 Å². The molecule has 0 fully saturated rings. The molecule has 0 radical (unpaired) electrons. The van der Waals surface area contributed by atoms with Crippen molar-refractivity contribution in [3.63, 3.8) is 0 Å². The zero-order chi connectivity index (χ0) is 10.6. The molecule has 0 aromatic rings. The van der Waals surface area contributed by atoms with Gasteiger partial charge >= 0.3 is 8.25 Å². The van der Waals surface area contributed by atoms with E-state index in [0.717, 1.165) is 0 Å². The van der Waals surface area contributed by atoms with E-state index in [4.69, 9.17) is 19.5 Å². The lowest BCUT2D eigenvalue weighted by Gasteiger charge is -2.01. The third-order valence-corrected chi connectivity index (χ3v) is 1.98. The van der Waals surface area contributed by atoms with Crippen molar-refractivity contribution in [1.82, 2.24) is 0 Å². The molecule has 2 N–H and O–H groups in total. The highest BCUT2D eigenvalue weighted by atomic mass is 31.1. The van der Waals surface area contributed by atoms with Crippen LogP contribution in [-0.2, 0) is 13.6 Å². The van der Waals surface area contributed by atoms with Crippen molar-refractivity contribution < 1.29 is 24.0 Å². The number of rotatable bonds is 8. The van der Waals surface area contributed by atoms with Crippen LogP contribution in [0.5, 0.6) is 0 Å². The van der Waals surface area contributed by atoms with Gasteiger partial charge in [0, 0.05) is 25.3 Å². The maximum absolute atomic E-state index is 10.9. The predicted molar refractivity (Wildman–Crippen MR) is 50.7 cm³/mol. The van der Waals surface area contributed by atoms with Gasteiger partial charge in [-0.1, -0.05) is 0 Å². The fourth-order valence-corrected chi connectivity index (χ4v) is 1.20. The molecule has 0 aliphatic rings. The van der Waals surface area contributed by atoms with E-state index in [2.05, 4.69) is 10.3 Å². The lowest BCUT2D eigenvalue weighted by molar-refractivity contribution is 0.234. The van der Waals surface area contributed by atoms with Gasteiger partial charge in [-0.05, 0) is 0 Å². The maximum atomic E-state index is 10.9. The SMILES string of the molecule is O=[PH](OCCC=NO)OCCC=NO. The van der Waals surface area contributed by atoms with Gasteiger partial charge in [0.1, 0.15) is 0 Å². The average molecular weight is 224 g/mol. The predicted octanol–water partition coefficient (Wildman–Crippen LogP) is 1.11. The normalized spacial score (nSPS) is 14.0. The lowest BCUT2D eigenvalue weighted by Crippen LogP contribution is -1.92. The Morgan fingerprint density at radius 3 is 1.86 bits per heavy atom. The van der Waals surface area contributed by atoms with Gasteiger partial charge in [-0.3, -0.25) is 4.57 Å². The largest absolute Gasteiger partial charge is 0.411 e. The Morgan fingerprint density at radius 2 is 1.50 bits per heavy atom. The van der Waals surface area contributed by atoms with Crippen LogP contribution in [0.15, 0.2) is 10.3 Å². The van der Waals surface area contributed by atoms with Gasteiger partial charge in [0.05, 0.1) is 13.2 Å². The quantitative estimate of drug-likeness (QED) is 0.211. The number of hydrogen-bond acceptors (Lipinski definition) is 7. The number of oxime groups is 2. The summed E-state index contributed by atoms with van der Waals surface area (Å²) in [5.41, 5.74) is 0. The van der Waals surface area contributed by atoms with E-state index in [0.29, 0.717) is 12.8 Å². The van der Waals surface area contributed by atoms with E-state index in [1.165, 1.54) is 12.4 Å². The first-order valence-corrected chi connectivity index (χ1v) is 5.15. The Hall–Kier alpha value is -0.910. The van der Waals surface area contributed by atoms with Crippen LogP contribution in [0.25, 0.3) is 0 Å². The van der Waals surface area contributed by atoms with E-state index in [9.17, 15) is 4.57 Å². The molecule has 0 rings (SSSR count). The summed E-state index contributed by atoms with van der Waals surface area (Å²) < 4.78 is 20.4. The minimum Gasteiger partial charge on any atom is -0.411 e. The van der Waals surface area contributed by atoms with Gasteiger partial charge in [0.2, 0.25) is 0 Å². The molecule has 82 valence electrons. The van der Waals surface area contributed by atoms with Crippen LogP contribution in [-0.4, -0.2) is 36.1 Å². The molecule has 0 unspecified atom stereocenters. The minimum atomic E-state index is -2.49. The molecule has 0 heterocycles. The molecule has 0 bridgehead atoms. The topological polar surface area (TPSA) is 101 Å². The van der Waals surface area contributed by atoms with Crippen LogP contribution in [0.2, 0.25) is 0 Å². The zero-order valence-electron chi connectivity index (χ0n) is 7.50. The zero-order valence-corrected chi connectivity index (χ0v) is 8.50.